The second-order valence-electron chi connectivity index (χ2n) is 6.12. The normalized spacial score (nSPS) is 14.5. The molecular weight excluding hydrogens is 246 g/mol. The number of methoxy groups -OCH3 is 1. The second kappa shape index (κ2) is 9.15. The summed E-state index contributed by atoms with van der Waals surface area (Å²) in [5, 5.41) is 3.67. The van der Waals surface area contributed by atoms with Gasteiger partial charge in [-0.2, -0.15) is 0 Å². The van der Waals surface area contributed by atoms with E-state index < -0.39 is 0 Å². The third kappa shape index (κ3) is 5.64. The molecule has 0 heterocycles. The molecule has 1 aromatic carbocycles. The summed E-state index contributed by atoms with van der Waals surface area (Å²) in [6.07, 6.45) is 2.29. The predicted octanol–water partition coefficient (Wildman–Crippen LogP) is 4.52. The van der Waals surface area contributed by atoms with E-state index in [0.717, 1.165) is 19.6 Å². The van der Waals surface area contributed by atoms with Gasteiger partial charge in [-0.1, -0.05) is 52.0 Å². The molecule has 1 aromatic rings. The molecule has 0 bridgehead atoms. The third-order valence-corrected chi connectivity index (χ3v) is 3.74. The van der Waals surface area contributed by atoms with Crippen molar-refractivity contribution in [2.45, 2.75) is 52.5 Å². The van der Waals surface area contributed by atoms with Gasteiger partial charge in [0.2, 0.25) is 0 Å². The summed E-state index contributed by atoms with van der Waals surface area (Å²) in [6.45, 7) is 10.8. The van der Waals surface area contributed by atoms with Crippen molar-refractivity contribution in [3.63, 3.8) is 0 Å². The maximum absolute atomic E-state index is 5.27. The van der Waals surface area contributed by atoms with E-state index >= 15 is 0 Å². The van der Waals surface area contributed by atoms with Crippen LogP contribution in [0.25, 0.3) is 0 Å². The van der Waals surface area contributed by atoms with Crippen LogP contribution in [0.5, 0.6) is 0 Å². The van der Waals surface area contributed by atoms with Gasteiger partial charge in [0.15, 0.2) is 0 Å². The Labute approximate surface area is 124 Å². The standard InChI is InChI=1S/C18H31NO/c1-6-11-19-18(12-15(4)13-20-5)17-9-7-16(8-10-17)14(2)3/h7-10,14-15,18-19H,6,11-13H2,1-5H3. The molecule has 2 atom stereocenters. The van der Waals surface area contributed by atoms with Crippen LogP contribution in [-0.2, 0) is 4.74 Å². The van der Waals surface area contributed by atoms with Gasteiger partial charge in [0, 0.05) is 19.8 Å². The van der Waals surface area contributed by atoms with Crippen molar-refractivity contribution in [3.05, 3.63) is 35.4 Å². The van der Waals surface area contributed by atoms with Crippen molar-refractivity contribution in [1.29, 1.82) is 0 Å². The van der Waals surface area contributed by atoms with Crippen LogP contribution in [0.15, 0.2) is 24.3 Å². The van der Waals surface area contributed by atoms with Crippen molar-refractivity contribution in [1.82, 2.24) is 5.32 Å². The van der Waals surface area contributed by atoms with Crippen molar-refractivity contribution < 1.29 is 4.74 Å². The van der Waals surface area contributed by atoms with Crippen LogP contribution < -0.4 is 5.32 Å². The summed E-state index contributed by atoms with van der Waals surface area (Å²) in [4.78, 5) is 0. The summed E-state index contributed by atoms with van der Waals surface area (Å²) in [7, 11) is 1.78. The first-order chi connectivity index (χ1) is 9.58. The molecular formula is C18H31NO. The molecule has 0 saturated carbocycles. The van der Waals surface area contributed by atoms with Gasteiger partial charge in [-0.15, -0.1) is 0 Å². The lowest BCUT2D eigenvalue weighted by Crippen LogP contribution is -2.25. The van der Waals surface area contributed by atoms with E-state index in [1.807, 2.05) is 0 Å². The lowest BCUT2D eigenvalue weighted by molar-refractivity contribution is 0.149. The fourth-order valence-corrected chi connectivity index (χ4v) is 2.52. The maximum atomic E-state index is 5.27. The van der Waals surface area contributed by atoms with Crippen LogP contribution in [0.2, 0.25) is 0 Å². The Morgan fingerprint density at radius 3 is 2.15 bits per heavy atom. The molecule has 1 N–H and O–H groups in total. The fraction of sp³-hybridized carbons (Fsp3) is 0.667. The smallest absolute Gasteiger partial charge is 0.0488 e. The summed E-state index contributed by atoms with van der Waals surface area (Å²) in [5.74, 6) is 1.16. The highest BCUT2D eigenvalue weighted by atomic mass is 16.5. The Morgan fingerprint density at radius 1 is 1.05 bits per heavy atom. The number of hydrogen-bond acceptors (Lipinski definition) is 2. The molecule has 0 spiro atoms. The van der Waals surface area contributed by atoms with E-state index in [1.165, 1.54) is 17.5 Å². The van der Waals surface area contributed by atoms with Crippen LogP contribution in [0.4, 0.5) is 0 Å². The van der Waals surface area contributed by atoms with Crippen LogP contribution in [-0.4, -0.2) is 20.3 Å². The molecule has 2 heteroatoms. The molecule has 2 unspecified atom stereocenters. The van der Waals surface area contributed by atoms with E-state index in [-0.39, 0.29) is 0 Å². The first-order valence-electron chi connectivity index (χ1n) is 7.90. The Hall–Kier alpha value is -0.860. The van der Waals surface area contributed by atoms with Gasteiger partial charge < -0.3 is 10.1 Å². The Morgan fingerprint density at radius 2 is 1.65 bits per heavy atom. The quantitative estimate of drug-likeness (QED) is 0.716. The Balaban J connectivity index is 2.75. The SMILES string of the molecule is CCCNC(CC(C)COC)c1ccc(C(C)C)cc1. The van der Waals surface area contributed by atoms with Gasteiger partial charge in [0.25, 0.3) is 0 Å². The summed E-state index contributed by atoms with van der Waals surface area (Å²) < 4.78 is 5.27. The molecule has 1 rings (SSSR count). The van der Waals surface area contributed by atoms with E-state index in [9.17, 15) is 0 Å². The van der Waals surface area contributed by atoms with Crippen LogP contribution in [0, 0.1) is 5.92 Å². The molecule has 0 aliphatic carbocycles. The second-order valence-corrected chi connectivity index (χ2v) is 6.12. The molecule has 0 aliphatic heterocycles. The van der Waals surface area contributed by atoms with Crippen molar-refractivity contribution in [2.75, 3.05) is 20.3 Å². The molecule has 0 aliphatic rings. The van der Waals surface area contributed by atoms with E-state index in [1.54, 1.807) is 7.11 Å². The lowest BCUT2D eigenvalue weighted by Gasteiger charge is -2.23. The molecule has 0 saturated heterocycles. The van der Waals surface area contributed by atoms with Gasteiger partial charge in [-0.3, -0.25) is 0 Å². The van der Waals surface area contributed by atoms with Gasteiger partial charge >= 0.3 is 0 Å². The third-order valence-electron chi connectivity index (χ3n) is 3.74. The average Bonchev–Trinajstić information content (AvgIpc) is 2.44. The molecule has 0 amide bonds. The molecule has 2 nitrogen and oxygen atoms in total. The van der Waals surface area contributed by atoms with E-state index in [0.29, 0.717) is 17.9 Å². The molecule has 0 aromatic heterocycles. The van der Waals surface area contributed by atoms with Crippen molar-refractivity contribution in [2.24, 2.45) is 5.92 Å². The van der Waals surface area contributed by atoms with Gasteiger partial charge in [0.05, 0.1) is 0 Å². The van der Waals surface area contributed by atoms with Crippen LogP contribution in [0.1, 0.15) is 63.6 Å². The fourth-order valence-electron chi connectivity index (χ4n) is 2.52. The number of hydrogen-bond donors (Lipinski definition) is 1. The average molecular weight is 277 g/mol. The lowest BCUT2D eigenvalue weighted by atomic mass is 9.94. The minimum atomic E-state index is 0.432. The minimum Gasteiger partial charge on any atom is -0.384 e. The highest BCUT2D eigenvalue weighted by Crippen LogP contribution is 2.24. The highest BCUT2D eigenvalue weighted by molar-refractivity contribution is 5.27. The number of benzene rings is 1. The summed E-state index contributed by atoms with van der Waals surface area (Å²) in [5.41, 5.74) is 2.80. The van der Waals surface area contributed by atoms with Gasteiger partial charge in [0.1, 0.15) is 0 Å². The largest absolute Gasteiger partial charge is 0.384 e. The molecule has 0 radical (unpaired) electrons. The number of nitrogens with one attached hydrogen (secondary N) is 1. The van der Waals surface area contributed by atoms with E-state index in [2.05, 4.69) is 57.3 Å². The number of rotatable bonds is 9. The Kier molecular flexibility index (Phi) is 7.86. The summed E-state index contributed by atoms with van der Waals surface area (Å²) in [6, 6.07) is 9.52. The summed E-state index contributed by atoms with van der Waals surface area (Å²) >= 11 is 0. The van der Waals surface area contributed by atoms with E-state index in [4.69, 9.17) is 4.74 Å². The molecule has 114 valence electrons. The Bertz CT molecular complexity index is 358. The van der Waals surface area contributed by atoms with Crippen LogP contribution in [0.3, 0.4) is 0 Å². The zero-order valence-electron chi connectivity index (χ0n) is 13.8. The first-order valence-corrected chi connectivity index (χ1v) is 7.90. The van der Waals surface area contributed by atoms with Crippen molar-refractivity contribution >= 4 is 0 Å². The monoisotopic (exact) mass is 277 g/mol. The van der Waals surface area contributed by atoms with Crippen LogP contribution >= 0.6 is 0 Å². The zero-order valence-corrected chi connectivity index (χ0v) is 13.8. The minimum absolute atomic E-state index is 0.432. The highest BCUT2D eigenvalue weighted by Gasteiger charge is 2.15. The van der Waals surface area contributed by atoms with Gasteiger partial charge in [-0.25, -0.2) is 0 Å². The molecule has 20 heavy (non-hydrogen) atoms. The zero-order chi connectivity index (χ0) is 15.0. The number of ether oxygens (including phenoxy) is 1. The molecule has 0 fully saturated rings. The topological polar surface area (TPSA) is 21.3 Å². The predicted molar refractivity (Wildman–Crippen MR) is 87.2 cm³/mol. The van der Waals surface area contributed by atoms with Gasteiger partial charge in [-0.05, 0) is 42.3 Å². The first kappa shape index (κ1) is 17.2. The maximum Gasteiger partial charge on any atom is 0.0488 e. The van der Waals surface area contributed by atoms with Crippen molar-refractivity contribution in [3.8, 4) is 0 Å².